The third-order valence-corrected chi connectivity index (χ3v) is 2.84. The van der Waals surface area contributed by atoms with E-state index in [1.165, 1.54) is 30.0 Å². The van der Waals surface area contributed by atoms with E-state index in [1.54, 1.807) is 0 Å². The summed E-state index contributed by atoms with van der Waals surface area (Å²) in [6.07, 6.45) is -1.04. The molecule has 1 aromatic carbocycles. The number of nitrogens with one attached hydrogen (secondary N) is 1. The summed E-state index contributed by atoms with van der Waals surface area (Å²) in [6, 6.07) is 4.08. The molecule has 1 aliphatic heterocycles. The fourth-order valence-corrected chi connectivity index (χ4v) is 1.87. The molecule has 1 fully saturated rings. The molecule has 1 aliphatic rings. The van der Waals surface area contributed by atoms with Gasteiger partial charge in [0, 0.05) is 13.0 Å². The molecule has 0 radical (unpaired) electrons. The van der Waals surface area contributed by atoms with E-state index >= 15 is 0 Å². The Balaban J connectivity index is 0.00000220. The zero-order valence-electron chi connectivity index (χ0n) is 12.3. The summed E-state index contributed by atoms with van der Waals surface area (Å²) in [7, 11) is 3.13. The standard InChI is InChI=1S/C13H14FN2O4.CH3.W/c1-8(17)15-6-10-7-16(13(18)20-10)9-3-4-12(19-2)11(14)5-9;;/h3-5,10H,2,6-7H2,1H3,(H,15,17);1H3;/q2*-1;+2/t10-;;/m0../s1. The molecule has 0 aromatic heterocycles. The zero-order valence-corrected chi connectivity index (χ0v) is 15.2. The van der Waals surface area contributed by atoms with Crippen LogP contribution in [0.1, 0.15) is 6.92 Å². The van der Waals surface area contributed by atoms with Crippen molar-refractivity contribution in [1.29, 1.82) is 0 Å². The van der Waals surface area contributed by atoms with Gasteiger partial charge >= 0.3 is 27.2 Å². The van der Waals surface area contributed by atoms with Crippen LogP contribution in [0.2, 0.25) is 0 Å². The average Bonchev–Trinajstić information content (AvgIpc) is 2.77. The van der Waals surface area contributed by atoms with Gasteiger partial charge in [-0.15, -0.1) is 0 Å². The smallest absolute Gasteiger partial charge is 0.663 e. The van der Waals surface area contributed by atoms with E-state index < -0.39 is 18.0 Å². The van der Waals surface area contributed by atoms with E-state index in [-0.39, 0.29) is 53.2 Å². The molecule has 6 nitrogen and oxygen atoms in total. The van der Waals surface area contributed by atoms with Crippen LogP contribution in [0, 0.1) is 20.4 Å². The fourth-order valence-electron chi connectivity index (χ4n) is 1.87. The second-order valence-electron chi connectivity index (χ2n) is 4.31. The first-order chi connectivity index (χ1) is 9.51. The molecule has 120 valence electrons. The molecule has 1 heterocycles. The number of amides is 2. The third-order valence-electron chi connectivity index (χ3n) is 2.84. The Kier molecular flexibility index (Phi) is 8.09. The minimum atomic E-state index is -0.615. The number of anilines is 1. The fraction of sp³-hybridized carbons (Fsp3) is 0.286. The predicted molar refractivity (Wildman–Crippen MR) is 75.1 cm³/mol. The largest absolute Gasteiger partial charge is 2.00 e. The van der Waals surface area contributed by atoms with Crippen molar-refractivity contribution < 1.29 is 44.5 Å². The number of halogens is 1. The van der Waals surface area contributed by atoms with E-state index in [2.05, 4.69) is 17.2 Å². The topological polar surface area (TPSA) is 67.9 Å². The number of hydrogen-bond donors (Lipinski definition) is 1. The second-order valence-corrected chi connectivity index (χ2v) is 4.31. The Morgan fingerprint density at radius 2 is 2.27 bits per heavy atom. The minimum absolute atomic E-state index is 0. The molecule has 2 amide bonds. The number of hydrogen-bond acceptors (Lipinski definition) is 4. The predicted octanol–water partition coefficient (Wildman–Crippen LogP) is 1.91. The molecule has 1 aromatic rings. The van der Waals surface area contributed by atoms with Crippen LogP contribution in [0.5, 0.6) is 5.75 Å². The number of rotatable bonds is 4. The Morgan fingerprint density at radius 3 is 2.82 bits per heavy atom. The molecule has 1 atom stereocenters. The Bertz CT molecular complexity index is 542. The molecule has 22 heavy (non-hydrogen) atoms. The van der Waals surface area contributed by atoms with E-state index in [9.17, 15) is 14.0 Å². The van der Waals surface area contributed by atoms with Crippen LogP contribution in [-0.4, -0.2) is 31.2 Å². The molecular weight excluding hydrogens is 463 g/mol. The van der Waals surface area contributed by atoms with Crippen molar-refractivity contribution in [3.05, 3.63) is 38.6 Å². The van der Waals surface area contributed by atoms with Gasteiger partial charge in [-0.25, -0.2) is 9.18 Å². The monoisotopic (exact) mass is 480 g/mol. The van der Waals surface area contributed by atoms with Crippen molar-refractivity contribution in [2.24, 2.45) is 0 Å². The molecule has 1 N–H and O–H groups in total. The molecular formula is C14H17FN2O4W. The summed E-state index contributed by atoms with van der Waals surface area (Å²) in [4.78, 5) is 23.8. The maximum atomic E-state index is 13.6. The van der Waals surface area contributed by atoms with Crippen LogP contribution in [0.3, 0.4) is 0 Å². The molecule has 0 spiro atoms. The maximum Gasteiger partial charge on any atom is 2.00 e. The SMILES string of the molecule is [CH2-]Oc1ccc(N2C[C@H](CNC(C)=O)OC2=O)cc1F.[CH3-].[W+2]. The first-order valence-electron chi connectivity index (χ1n) is 5.95. The quantitative estimate of drug-likeness (QED) is 0.670. The van der Waals surface area contributed by atoms with Crippen molar-refractivity contribution in [3.63, 3.8) is 0 Å². The summed E-state index contributed by atoms with van der Waals surface area (Å²) >= 11 is 0. The van der Waals surface area contributed by atoms with E-state index in [4.69, 9.17) is 4.74 Å². The number of benzene rings is 1. The van der Waals surface area contributed by atoms with Crippen molar-refractivity contribution in [2.45, 2.75) is 13.0 Å². The molecule has 1 saturated heterocycles. The summed E-state index contributed by atoms with van der Waals surface area (Å²) in [6.45, 7) is 1.84. The summed E-state index contributed by atoms with van der Waals surface area (Å²) < 4.78 is 23.2. The van der Waals surface area contributed by atoms with Gasteiger partial charge in [-0.1, -0.05) is 0 Å². The minimum Gasteiger partial charge on any atom is -0.663 e. The van der Waals surface area contributed by atoms with Crippen LogP contribution < -0.4 is 15.0 Å². The van der Waals surface area contributed by atoms with Gasteiger partial charge in [0.05, 0.1) is 18.8 Å². The van der Waals surface area contributed by atoms with Crippen LogP contribution in [0.15, 0.2) is 18.2 Å². The van der Waals surface area contributed by atoms with E-state index in [0.717, 1.165) is 0 Å². The van der Waals surface area contributed by atoms with Gasteiger partial charge in [-0.05, 0) is 12.1 Å². The molecule has 0 unspecified atom stereocenters. The number of carbonyl (C=O) groups excluding carboxylic acids is 2. The van der Waals surface area contributed by atoms with Gasteiger partial charge in [0.1, 0.15) is 11.9 Å². The average molecular weight is 480 g/mol. The van der Waals surface area contributed by atoms with Crippen LogP contribution in [0.4, 0.5) is 14.9 Å². The molecule has 0 aliphatic carbocycles. The summed E-state index contributed by atoms with van der Waals surface area (Å²) in [5, 5.41) is 2.56. The van der Waals surface area contributed by atoms with E-state index in [0.29, 0.717) is 5.69 Å². The molecule has 8 heteroatoms. The molecule has 2 rings (SSSR count). The second kappa shape index (κ2) is 8.73. The van der Waals surface area contributed by atoms with Crippen LogP contribution >= 0.6 is 0 Å². The maximum absolute atomic E-state index is 13.6. The molecule has 0 bridgehead atoms. The number of nitrogens with zero attached hydrogens (tertiary/aromatic N) is 1. The van der Waals surface area contributed by atoms with Gasteiger partial charge < -0.3 is 22.2 Å². The Morgan fingerprint density at radius 1 is 1.59 bits per heavy atom. The van der Waals surface area contributed by atoms with Crippen molar-refractivity contribution >= 4 is 17.7 Å². The Labute approximate surface area is 143 Å². The zero-order chi connectivity index (χ0) is 14.7. The number of cyclic esters (lactones) is 1. The van der Waals surface area contributed by atoms with Gasteiger partial charge in [0.25, 0.3) is 0 Å². The van der Waals surface area contributed by atoms with Crippen molar-refractivity contribution in [2.75, 3.05) is 18.0 Å². The van der Waals surface area contributed by atoms with Crippen molar-refractivity contribution in [3.8, 4) is 5.75 Å². The number of ether oxygens (including phenoxy) is 2. The van der Waals surface area contributed by atoms with Gasteiger partial charge in [0.2, 0.25) is 5.91 Å². The third kappa shape index (κ3) is 4.70. The first kappa shape index (κ1) is 20.4. The van der Waals surface area contributed by atoms with Crippen LogP contribution in [-0.2, 0) is 30.6 Å². The normalized spacial score (nSPS) is 16.2. The van der Waals surface area contributed by atoms with Gasteiger partial charge in [-0.2, -0.15) is 7.11 Å². The van der Waals surface area contributed by atoms with Crippen LogP contribution in [0.25, 0.3) is 0 Å². The first-order valence-corrected chi connectivity index (χ1v) is 5.95. The van der Waals surface area contributed by atoms with E-state index in [1.807, 2.05) is 0 Å². The summed E-state index contributed by atoms with van der Waals surface area (Å²) in [5.74, 6) is -0.825. The van der Waals surface area contributed by atoms with Gasteiger partial charge in [0.15, 0.2) is 5.82 Å². The van der Waals surface area contributed by atoms with Gasteiger partial charge in [-0.3, -0.25) is 9.69 Å². The number of carbonyl (C=O) groups is 2. The Hall–Kier alpha value is -1.62. The molecule has 0 saturated carbocycles. The summed E-state index contributed by atoms with van der Waals surface area (Å²) in [5.41, 5.74) is 0.360. The van der Waals surface area contributed by atoms with Crippen molar-refractivity contribution in [1.82, 2.24) is 5.32 Å².